The zero-order chi connectivity index (χ0) is 9.26. The van der Waals surface area contributed by atoms with Gasteiger partial charge in [-0.3, -0.25) is 0 Å². The fourth-order valence-corrected chi connectivity index (χ4v) is 2.41. The van der Waals surface area contributed by atoms with Gasteiger partial charge >= 0.3 is 11.9 Å². The van der Waals surface area contributed by atoms with Crippen LogP contribution >= 0.6 is 20.3 Å². The van der Waals surface area contributed by atoms with E-state index >= 15 is 0 Å². The van der Waals surface area contributed by atoms with Gasteiger partial charge in [0.25, 0.3) is 0 Å². The summed E-state index contributed by atoms with van der Waals surface area (Å²) in [6.45, 7) is 2.14. The number of rotatable bonds is 2. The molecule has 1 radical (unpaired) electrons. The first-order valence-electron chi connectivity index (χ1n) is 4.16. The molecule has 0 amide bonds. The highest BCUT2D eigenvalue weighted by atomic mass is 127. The van der Waals surface area contributed by atoms with Crippen LogP contribution in [-0.2, 0) is 6.42 Å². The SMILES string of the molecule is CCc1ccc2n[c]([Al][I])oc2c1. The van der Waals surface area contributed by atoms with Gasteiger partial charge in [0, 0.05) is 0 Å². The summed E-state index contributed by atoms with van der Waals surface area (Å²) in [5.41, 5.74) is 3.22. The minimum atomic E-state index is 0.154. The molecular weight excluding hydrogens is 292 g/mol. The molecule has 0 spiro atoms. The summed E-state index contributed by atoms with van der Waals surface area (Å²) < 4.78 is 6.47. The van der Waals surface area contributed by atoms with Crippen LogP contribution in [0, 0.1) is 0 Å². The van der Waals surface area contributed by atoms with E-state index < -0.39 is 0 Å². The molecular formula is C9H8AlINO. The molecule has 0 N–H and O–H groups in total. The summed E-state index contributed by atoms with van der Waals surface area (Å²) >= 11 is 2.49. The van der Waals surface area contributed by atoms with E-state index in [4.69, 9.17) is 4.42 Å². The van der Waals surface area contributed by atoms with E-state index in [2.05, 4.69) is 44.3 Å². The lowest BCUT2D eigenvalue weighted by Gasteiger charge is -1.92. The second-order valence-electron chi connectivity index (χ2n) is 2.82. The zero-order valence-electron chi connectivity index (χ0n) is 7.25. The Hall–Kier alpha value is -0.0475. The molecule has 65 valence electrons. The van der Waals surface area contributed by atoms with Crippen LogP contribution in [0.25, 0.3) is 11.1 Å². The maximum atomic E-state index is 5.58. The topological polar surface area (TPSA) is 26.0 Å². The van der Waals surface area contributed by atoms with Crippen LogP contribution in [0.4, 0.5) is 0 Å². The number of hydrogen-bond donors (Lipinski definition) is 0. The fourth-order valence-electron chi connectivity index (χ4n) is 1.25. The van der Waals surface area contributed by atoms with E-state index in [9.17, 15) is 0 Å². The van der Waals surface area contributed by atoms with Crippen LogP contribution < -0.4 is 4.75 Å². The molecule has 0 aliphatic carbocycles. The predicted molar refractivity (Wildman–Crippen MR) is 62.8 cm³/mol. The van der Waals surface area contributed by atoms with E-state index in [1.54, 1.807) is 0 Å². The van der Waals surface area contributed by atoms with Gasteiger partial charge in [0.2, 0.25) is 0 Å². The lowest BCUT2D eigenvalue weighted by molar-refractivity contribution is 0.643. The van der Waals surface area contributed by atoms with Crippen molar-refractivity contribution in [1.82, 2.24) is 4.98 Å². The van der Waals surface area contributed by atoms with Crippen molar-refractivity contribution < 1.29 is 4.42 Å². The van der Waals surface area contributed by atoms with Crippen LogP contribution in [0.5, 0.6) is 0 Å². The lowest BCUT2D eigenvalue weighted by Crippen LogP contribution is -2.07. The number of aryl methyl sites for hydroxylation is 1. The number of halogens is 1. The zero-order valence-corrected chi connectivity index (χ0v) is 10.6. The first-order chi connectivity index (χ1) is 6.33. The van der Waals surface area contributed by atoms with E-state index in [0.717, 1.165) is 22.3 Å². The van der Waals surface area contributed by atoms with Crippen molar-refractivity contribution >= 4 is 48.1 Å². The summed E-state index contributed by atoms with van der Waals surface area (Å²) in [6, 6.07) is 6.22. The van der Waals surface area contributed by atoms with Crippen molar-refractivity contribution in [2.24, 2.45) is 0 Å². The summed E-state index contributed by atoms with van der Waals surface area (Å²) in [5, 5.41) is 0. The van der Waals surface area contributed by atoms with Crippen LogP contribution in [0.2, 0.25) is 0 Å². The fraction of sp³-hybridized carbons (Fsp3) is 0.222. The average molecular weight is 300 g/mol. The first kappa shape index (κ1) is 9.51. The predicted octanol–water partition coefficient (Wildman–Crippen LogP) is 2.07. The van der Waals surface area contributed by atoms with Crippen LogP contribution in [0.3, 0.4) is 0 Å². The normalized spacial score (nSPS) is 10.6. The Balaban J connectivity index is 2.57. The highest BCUT2D eigenvalue weighted by molar-refractivity contribution is 14.1. The third-order valence-corrected chi connectivity index (χ3v) is 4.00. The summed E-state index contributed by atoms with van der Waals surface area (Å²) in [4.78, 5) is 4.37. The Bertz CT molecular complexity index is 424. The Kier molecular flexibility index (Phi) is 2.92. The molecule has 0 saturated carbocycles. The second-order valence-corrected chi connectivity index (χ2v) is 5.40. The van der Waals surface area contributed by atoms with E-state index in [1.165, 1.54) is 5.56 Å². The molecule has 4 heteroatoms. The van der Waals surface area contributed by atoms with Crippen LogP contribution in [0.15, 0.2) is 22.6 Å². The van der Waals surface area contributed by atoms with E-state index in [0.29, 0.717) is 0 Å². The molecule has 0 unspecified atom stereocenters. The molecule has 0 bridgehead atoms. The largest absolute Gasteiger partial charge is 0.460 e. The highest BCUT2D eigenvalue weighted by Gasteiger charge is 2.05. The standard InChI is InChI=1S/C9H8NO.Al.HI/c1-2-7-3-4-8-9(5-7)11-6-10-8;;/h3-5H,2H2,1H3;;1H/q;+1;/p-1. The lowest BCUT2D eigenvalue weighted by atomic mass is 10.2. The first-order valence-corrected chi connectivity index (χ1v) is 8.91. The molecule has 2 rings (SSSR count). The van der Waals surface area contributed by atoms with E-state index in [1.807, 2.05) is 6.07 Å². The Morgan fingerprint density at radius 3 is 3.08 bits per heavy atom. The third-order valence-electron chi connectivity index (χ3n) is 1.97. The summed E-state index contributed by atoms with van der Waals surface area (Å²) in [7, 11) is 0. The molecule has 2 nitrogen and oxygen atoms in total. The number of nitrogens with zero attached hydrogens (tertiary/aromatic N) is 1. The smallest absolute Gasteiger partial charge is 0.449 e. The number of aromatic nitrogens is 1. The maximum Gasteiger partial charge on any atom is 0.449 e. The molecule has 0 fully saturated rings. The van der Waals surface area contributed by atoms with Gasteiger partial charge in [-0.15, -0.1) is 0 Å². The van der Waals surface area contributed by atoms with Gasteiger partial charge in [0.05, 0.1) is 0 Å². The minimum Gasteiger partial charge on any atom is -0.460 e. The van der Waals surface area contributed by atoms with Gasteiger partial charge in [0.15, 0.2) is 5.58 Å². The van der Waals surface area contributed by atoms with Gasteiger partial charge in [-0.2, -0.15) is 0 Å². The second kappa shape index (κ2) is 3.99. The molecule has 0 aliphatic rings. The summed E-state index contributed by atoms with van der Waals surface area (Å²) in [5.74, 6) is 0. The third kappa shape index (κ3) is 1.90. The molecule has 13 heavy (non-hydrogen) atoms. The van der Waals surface area contributed by atoms with E-state index in [-0.39, 0.29) is 11.9 Å². The maximum absolute atomic E-state index is 5.58. The molecule has 1 heterocycles. The molecule has 0 atom stereocenters. The molecule has 2 aromatic rings. The van der Waals surface area contributed by atoms with Gasteiger partial charge in [-0.25, -0.2) is 25.3 Å². The monoisotopic (exact) mass is 300 g/mol. The highest BCUT2D eigenvalue weighted by Crippen LogP contribution is 2.13. The van der Waals surface area contributed by atoms with Crippen LogP contribution in [-0.4, -0.2) is 16.9 Å². The molecule has 0 aliphatic heterocycles. The van der Waals surface area contributed by atoms with Crippen molar-refractivity contribution in [2.75, 3.05) is 0 Å². The molecule has 0 saturated heterocycles. The van der Waals surface area contributed by atoms with Gasteiger partial charge < -0.3 is 4.42 Å². The van der Waals surface area contributed by atoms with Crippen LogP contribution in [0.1, 0.15) is 12.5 Å². The number of fused-ring (bicyclic) bond motifs is 1. The molecule has 1 aromatic heterocycles. The van der Waals surface area contributed by atoms with Crippen molar-refractivity contribution in [3.05, 3.63) is 23.8 Å². The van der Waals surface area contributed by atoms with Gasteiger partial charge in [0.1, 0.15) is 10.3 Å². The minimum absolute atomic E-state index is 0.154. The van der Waals surface area contributed by atoms with Gasteiger partial charge in [-0.05, 0) is 24.1 Å². The van der Waals surface area contributed by atoms with Crippen molar-refractivity contribution in [1.29, 1.82) is 0 Å². The number of oxazole rings is 1. The Morgan fingerprint density at radius 2 is 2.38 bits per heavy atom. The molecule has 1 aromatic carbocycles. The number of hydrogen-bond acceptors (Lipinski definition) is 2. The van der Waals surface area contributed by atoms with Crippen molar-refractivity contribution in [2.45, 2.75) is 13.3 Å². The van der Waals surface area contributed by atoms with Gasteiger partial charge in [-0.1, -0.05) is 13.0 Å². The van der Waals surface area contributed by atoms with Crippen molar-refractivity contribution in [3.63, 3.8) is 0 Å². The summed E-state index contributed by atoms with van der Waals surface area (Å²) in [6.07, 6.45) is 1.04. The quantitative estimate of drug-likeness (QED) is 0.627. The van der Waals surface area contributed by atoms with Crippen molar-refractivity contribution in [3.8, 4) is 0 Å². The Morgan fingerprint density at radius 1 is 1.54 bits per heavy atom. The Labute approximate surface area is 94.1 Å². The average Bonchev–Trinajstić information content (AvgIpc) is 2.58. The number of benzene rings is 1.